The minimum Gasteiger partial charge on any atom is -0.348 e. The number of hydrogen-bond acceptors (Lipinski definition) is 2. The number of halogens is 4. The molecule has 1 aliphatic heterocycles. The normalized spacial score (nSPS) is 24.5. The lowest BCUT2D eigenvalue weighted by molar-refractivity contribution is -0.138. The van der Waals surface area contributed by atoms with Crippen molar-refractivity contribution in [2.75, 3.05) is 0 Å². The lowest BCUT2D eigenvalue weighted by Gasteiger charge is -2.17. The van der Waals surface area contributed by atoms with Crippen molar-refractivity contribution in [1.82, 2.24) is 10.6 Å². The second-order valence-electron chi connectivity index (χ2n) is 5.78. The van der Waals surface area contributed by atoms with Crippen molar-refractivity contribution in [3.63, 3.8) is 0 Å². The van der Waals surface area contributed by atoms with Crippen LogP contribution in [0.2, 0.25) is 0 Å². The first-order valence-corrected chi connectivity index (χ1v) is 7.25. The highest BCUT2D eigenvalue weighted by Gasteiger charge is 2.37. The van der Waals surface area contributed by atoms with E-state index in [2.05, 4.69) is 10.6 Å². The molecule has 2 atom stereocenters. The highest BCUT2D eigenvalue weighted by molar-refractivity contribution is 5.99. The average molecular weight is 316 g/mol. The summed E-state index contributed by atoms with van der Waals surface area (Å²) in [6.07, 6.45) is -3.53. The quantitative estimate of drug-likeness (QED) is 0.842. The molecule has 0 radical (unpaired) electrons. The molecular weight excluding hydrogens is 300 g/mol. The second kappa shape index (κ2) is 5.53. The standard InChI is InChI=1S/C15H16F4N2O/c16-12-2-1-3-13(12)20-6-8-4-9-10(7-21-14(9)22)11(5-8)15(17,18)19/h4-5,12-13,20H,1-3,6-7H2,(H,21,22)/t12-,13+/m0/s1. The van der Waals surface area contributed by atoms with Crippen molar-refractivity contribution in [3.05, 3.63) is 34.4 Å². The molecule has 3 nitrogen and oxygen atoms in total. The Bertz CT molecular complexity index is 600. The van der Waals surface area contributed by atoms with Gasteiger partial charge in [0.05, 0.1) is 5.56 Å². The van der Waals surface area contributed by atoms with Crippen LogP contribution in [0.25, 0.3) is 0 Å². The number of carbonyl (C=O) groups is 1. The highest BCUT2D eigenvalue weighted by atomic mass is 19.4. The van der Waals surface area contributed by atoms with Crippen LogP contribution in [0, 0.1) is 0 Å². The van der Waals surface area contributed by atoms with Crippen LogP contribution >= 0.6 is 0 Å². The van der Waals surface area contributed by atoms with Gasteiger partial charge >= 0.3 is 6.18 Å². The van der Waals surface area contributed by atoms with Gasteiger partial charge < -0.3 is 10.6 Å². The van der Waals surface area contributed by atoms with Gasteiger partial charge in [-0.15, -0.1) is 0 Å². The number of nitrogens with one attached hydrogen (secondary N) is 2. The minimum absolute atomic E-state index is 0.00881. The maximum Gasteiger partial charge on any atom is 0.416 e. The fraction of sp³-hybridized carbons (Fsp3) is 0.533. The number of alkyl halides is 4. The van der Waals surface area contributed by atoms with Gasteiger partial charge in [0.2, 0.25) is 0 Å². The Morgan fingerprint density at radius 3 is 2.68 bits per heavy atom. The van der Waals surface area contributed by atoms with E-state index in [1.807, 2.05) is 0 Å². The zero-order chi connectivity index (χ0) is 15.9. The van der Waals surface area contributed by atoms with Gasteiger partial charge in [-0.1, -0.05) is 0 Å². The van der Waals surface area contributed by atoms with E-state index in [4.69, 9.17) is 0 Å². The highest BCUT2D eigenvalue weighted by Crippen LogP contribution is 2.36. The monoisotopic (exact) mass is 316 g/mol. The first-order valence-electron chi connectivity index (χ1n) is 7.25. The summed E-state index contributed by atoms with van der Waals surface area (Å²) in [5.74, 6) is -0.494. The van der Waals surface area contributed by atoms with Crippen molar-refractivity contribution >= 4 is 5.91 Å². The van der Waals surface area contributed by atoms with Crippen LogP contribution in [-0.2, 0) is 19.3 Å². The molecular formula is C15H16F4N2O. The summed E-state index contributed by atoms with van der Waals surface area (Å²) in [7, 11) is 0. The Kier molecular flexibility index (Phi) is 3.84. The van der Waals surface area contributed by atoms with Crippen LogP contribution in [0.15, 0.2) is 12.1 Å². The summed E-state index contributed by atoms with van der Waals surface area (Å²) in [5.41, 5.74) is -0.383. The SMILES string of the molecule is O=C1NCc2c1cc(CN[C@@H]1CCC[C@@H]1F)cc2C(F)(F)F. The maximum atomic E-state index is 13.5. The molecule has 0 saturated heterocycles. The molecule has 1 heterocycles. The van der Waals surface area contributed by atoms with E-state index in [-0.39, 0.29) is 30.3 Å². The summed E-state index contributed by atoms with van der Waals surface area (Å²) in [6, 6.07) is 2.19. The molecule has 2 N–H and O–H groups in total. The first-order chi connectivity index (χ1) is 10.4. The first kappa shape index (κ1) is 15.3. The number of rotatable bonds is 3. The molecule has 120 valence electrons. The summed E-state index contributed by atoms with van der Waals surface area (Å²) in [4.78, 5) is 11.7. The minimum atomic E-state index is -4.51. The molecule has 1 amide bonds. The topological polar surface area (TPSA) is 41.1 Å². The average Bonchev–Trinajstić information content (AvgIpc) is 3.02. The number of amides is 1. The third kappa shape index (κ3) is 2.82. The van der Waals surface area contributed by atoms with Crippen molar-refractivity contribution in [2.45, 2.75) is 50.7 Å². The Morgan fingerprint density at radius 1 is 1.27 bits per heavy atom. The van der Waals surface area contributed by atoms with E-state index in [1.165, 1.54) is 6.07 Å². The Labute approximate surface area is 125 Å². The van der Waals surface area contributed by atoms with Crippen LogP contribution in [0.1, 0.15) is 46.3 Å². The lowest BCUT2D eigenvalue weighted by Crippen LogP contribution is -2.33. The lowest BCUT2D eigenvalue weighted by atomic mass is 9.98. The van der Waals surface area contributed by atoms with E-state index in [0.29, 0.717) is 18.4 Å². The van der Waals surface area contributed by atoms with Gasteiger partial charge in [0.1, 0.15) is 6.17 Å². The molecule has 1 saturated carbocycles. The Hall–Kier alpha value is -1.63. The maximum absolute atomic E-state index is 13.5. The fourth-order valence-corrected chi connectivity index (χ4v) is 3.14. The van der Waals surface area contributed by atoms with Gasteiger partial charge in [-0.3, -0.25) is 4.79 Å². The van der Waals surface area contributed by atoms with Crippen LogP contribution in [-0.4, -0.2) is 18.1 Å². The van der Waals surface area contributed by atoms with Crippen LogP contribution in [0.5, 0.6) is 0 Å². The molecule has 1 fully saturated rings. The molecule has 22 heavy (non-hydrogen) atoms. The van der Waals surface area contributed by atoms with Gasteiger partial charge in [-0.2, -0.15) is 13.2 Å². The third-order valence-electron chi connectivity index (χ3n) is 4.29. The predicted octanol–water partition coefficient (Wildman–Crippen LogP) is 2.93. The zero-order valence-electron chi connectivity index (χ0n) is 11.8. The van der Waals surface area contributed by atoms with E-state index in [9.17, 15) is 22.4 Å². The molecule has 0 unspecified atom stereocenters. The molecule has 3 rings (SSSR count). The smallest absolute Gasteiger partial charge is 0.348 e. The second-order valence-corrected chi connectivity index (χ2v) is 5.78. The summed E-state index contributed by atoms with van der Waals surface area (Å²) in [5, 5.41) is 5.37. The largest absolute Gasteiger partial charge is 0.416 e. The molecule has 0 aromatic heterocycles. The fourth-order valence-electron chi connectivity index (χ4n) is 3.14. The van der Waals surface area contributed by atoms with Crippen molar-refractivity contribution in [1.29, 1.82) is 0 Å². The van der Waals surface area contributed by atoms with E-state index in [0.717, 1.165) is 12.5 Å². The van der Waals surface area contributed by atoms with Crippen LogP contribution in [0.3, 0.4) is 0 Å². The number of benzene rings is 1. The number of carbonyl (C=O) groups excluding carboxylic acids is 1. The van der Waals surface area contributed by atoms with Gasteiger partial charge in [-0.05, 0) is 42.5 Å². The van der Waals surface area contributed by atoms with E-state index in [1.54, 1.807) is 0 Å². The van der Waals surface area contributed by atoms with E-state index >= 15 is 0 Å². The molecule has 2 aliphatic rings. The molecule has 0 bridgehead atoms. The Morgan fingerprint density at radius 2 is 2.05 bits per heavy atom. The summed E-state index contributed by atoms with van der Waals surface area (Å²) < 4.78 is 52.9. The van der Waals surface area contributed by atoms with Gasteiger partial charge in [0.15, 0.2) is 0 Å². The van der Waals surface area contributed by atoms with Crippen molar-refractivity contribution in [3.8, 4) is 0 Å². The van der Waals surface area contributed by atoms with Gasteiger partial charge in [0.25, 0.3) is 5.91 Å². The van der Waals surface area contributed by atoms with Crippen LogP contribution < -0.4 is 10.6 Å². The number of fused-ring (bicyclic) bond motifs is 1. The van der Waals surface area contributed by atoms with E-state index < -0.39 is 23.8 Å². The molecule has 1 aromatic carbocycles. The Balaban J connectivity index is 1.86. The number of hydrogen-bond donors (Lipinski definition) is 2. The zero-order valence-corrected chi connectivity index (χ0v) is 11.8. The third-order valence-corrected chi connectivity index (χ3v) is 4.29. The van der Waals surface area contributed by atoms with Crippen LogP contribution in [0.4, 0.5) is 17.6 Å². The van der Waals surface area contributed by atoms with Gasteiger partial charge in [-0.25, -0.2) is 4.39 Å². The molecule has 7 heteroatoms. The predicted molar refractivity (Wildman–Crippen MR) is 72.0 cm³/mol. The summed E-state index contributed by atoms with van der Waals surface area (Å²) >= 11 is 0. The molecule has 1 aliphatic carbocycles. The molecule has 1 aromatic rings. The van der Waals surface area contributed by atoms with Crippen molar-refractivity contribution in [2.24, 2.45) is 0 Å². The van der Waals surface area contributed by atoms with Gasteiger partial charge in [0, 0.05) is 24.7 Å². The molecule has 0 spiro atoms. The summed E-state index contributed by atoms with van der Waals surface area (Å²) in [6.45, 7) is 0.0145. The van der Waals surface area contributed by atoms with Crippen molar-refractivity contribution < 1.29 is 22.4 Å².